The molecule has 0 bridgehead atoms. The summed E-state index contributed by atoms with van der Waals surface area (Å²) in [6.07, 6.45) is 8.81. The summed E-state index contributed by atoms with van der Waals surface area (Å²) in [5.41, 5.74) is 0.905. The molecule has 1 saturated heterocycles. The van der Waals surface area contributed by atoms with Crippen LogP contribution in [0.15, 0.2) is 40.6 Å². The highest BCUT2D eigenvalue weighted by Crippen LogP contribution is 2.37. The van der Waals surface area contributed by atoms with Crippen molar-refractivity contribution in [3.8, 4) is 12.3 Å². The molecule has 2 aliphatic rings. The Morgan fingerprint density at radius 1 is 1.28 bits per heavy atom. The average Bonchev–Trinajstić information content (AvgIpc) is 3.39. The first-order valence-electron chi connectivity index (χ1n) is 9.01. The molecule has 0 spiro atoms. The van der Waals surface area contributed by atoms with E-state index in [1.807, 2.05) is 6.07 Å². The van der Waals surface area contributed by atoms with E-state index >= 15 is 0 Å². The van der Waals surface area contributed by atoms with E-state index in [2.05, 4.69) is 57.3 Å². The smallest absolute Gasteiger partial charge is 0.223 e. The highest BCUT2D eigenvalue weighted by atomic mass is 16.2. The van der Waals surface area contributed by atoms with Gasteiger partial charge < -0.3 is 9.80 Å². The number of likely N-dealkylation sites (N-methyl/N-ethyl adjacent to an activating group) is 1. The SMILES string of the molecule is C#CCCC1(CCC(=O)N2CCN(C)CC2Cc2ccccc2)N=N1. The largest absolute Gasteiger partial charge is 0.337 e. The summed E-state index contributed by atoms with van der Waals surface area (Å²) in [6, 6.07) is 10.6. The summed E-state index contributed by atoms with van der Waals surface area (Å²) >= 11 is 0. The Balaban J connectivity index is 1.58. The fourth-order valence-corrected chi connectivity index (χ4v) is 3.52. The third-order valence-corrected chi connectivity index (χ3v) is 5.11. The van der Waals surface area contributed by atoms with Crippen molar-refractivity contribution in [2.45, 2.75) is 43.8 Å². The lowest BCUT2D eigenvalue weighted by Gasteiger charge is -2.40. The van der Waals surface area contributed by atoms with Gasteiger partial charge in [-0.1, -0.05) is 30.3 Å². The van der Waals surface area contributed by atoms with Crippen LogP contribution in [0.25, 0.3) is 0 Å². The Hall–Kier alpha value is -2.19. The van der Waals surface area contributed by atoms with Crippen molar-refractivity contribution in [2.75, 3.05) is 26.7 Å². The van der Waals surface area contributed by atoms with Gasteiger partial charge in [0.2, 0.25) is 5.91 Å². The number of nitrogens with zero attached hydrogens (tertiary/aromatic N) is 4. The van der Waals surface area contributed by atoms with Crippen LogP contribution in [0.4, 0.5) is 0 Å². The Bertz CT molecular complexity index is 658. The predicted molar refractivity (Wildman–Crippen MR) is 98.0 cm³/mol. The summed E-state index contributed by atoms with van der Waals surface area (Å²) in [4.78, 5) is 17.2. The molecule has 2 aliphatic heterocycles. The third-order valence-electron chi connectivity index (χ3n) is 5.11. The second-order valence-corrected chi connectivity index (χ2v) is 7.08. The standard InChI is InChI=1S/C20H26N4O/c1-3-4-11-20(21-22-20)12-10-19(25)24-14-13-23(2)16-18(24)15-17-8-6-5-7-9-17/h1,5-9,18H,4,10-16H2,2H3. The molecule has 5 nitrogen and oxygen atoms in total. The van der Waals surface area contributed by atoms with Gasteiger partial charge in [0.15, 0.2) is 5.66 Å². The maximum Gasteiger partial charge on any atom is 0.223 e. The monoisotopic (exact) mass is 338 g/mol. The van der Waals surface area contributed by atoms with Crippen molar-refractivity contribution in [1.82, 2.24) is 9.80 Å². The molecule has 1 amide bonds. The molecule has 1 atom stereocenters. The molecule has 1 fully saturated rings. The minimum absolute atomic E-state index is 0.214. The molecule has 1 unspecified atom stereocenters. The first-order chi connectivity index (χ1) is 12.1. The van der Waals surface area contributed by atoms with Crippen LogP contribution >= 0.6 is 0 Å². The number of amides is 1. The summed E-state index contributed by atoms with van der Waals surface area (Å²) in [7, 11) is 2.12. The Morgan fingerprint density at radius 3 is 2.72 bits per heavy atom. The Labute approximate surface area is 150 Å². The number of benzene rings is 1. The van der Waals surface area contributed by atoms with Gasteiger partial charge in [0.1, 0.15) is 0 Å². The summed E-state index contributed by atoms with van der Waals surface area (Å²) in [6.45, 7) is 2.63. The van der Waals surface area contributed by atoms with Crippen LogP contribution in [0.1, 0.15) is 31.2 Å². The molecule has 0 aliphatic carbocycles. The average molecular weight is 338 g/mol. The van der Waals surface area contributed by atoms with Crippen LogP contribution < -0.4 is 0 Å². The van der Waals surface area contributed by atoms with Crippen LogP contribution in [-0.2, 0) is 11.2 Å². The molecule has 1 aromatic carbocycles. The molecule has 0 saturated carbocycles. The normalized spacial score (nSPS) is 21.8. The van der Waals surface area contributed by atoms with Gasteiger partial charge in [0.25, 0.3) is 0 Å². The van der Waals surface area contributed by atoms with Crippen LogP contribution in [0.2, 0.25) is 0 Å². The van der Waals surface area contributed by atoms with Gasteiger partial charge in [-0.15, -0.1) is 12.3 Å². The number of carbonyl (C=O) groups excluding carboxylic acids is 1. The van der Waals surface area contributed by atoms with E-state index in [0.29, 0.717) is 19.3 Å². The lowest BCUT2D eigenvalue weighted by atomic mass is 9.99. The van der Waals surface area contributed by atoms with Crippen molar-refractivity contribution in [2.24, 2.45) is 10.2 Å². The number of hydrogen-bond acceptors (Lipinski definition) is 4. The van der Waals surface area contributed by atoms with E-state index in [-0.39, 0.29) is 17.6 Å². The number of terminal acetylenes is 1. The van der Waals surface area contributed by atoms with Crippen LogP contribution in [-0.4, -0.2) is 54.1 Å². The summed E-state index contributed by atoms with van der Waals surface area (Å²) in [5, 5.41) is 8.28. The van der Waals surface area contributed by atoms with E-state index in [0.717, 1.165) is 32.5 Å². The lowest BCUT2D eigenvalue weighted by Crippen LogP contribution is -2.55. The van der Waals surface area contributed by atoms with Gasteiger partial charge in [0.05, 0.1) is 0 Å². The van der Waals surface area contributed by atoms with Gasteiger partial charge >= 0.3 is 0 Å². The van der Waals surface area contributed by atoms with E-state index in [1.165, 1.54) is 5.56 Å². The van der Waals surface area contributed by atoms with Gasteiger partial charge in [-0.25, -0.2) is 0 Å². The zero-order chi connectivity index (χ0) is 17.7. The van der Waals surface area contributed by atoms with Crippen molar-refractivity contribution in [1.29, 1.82) is 0 Å². The Morgan fingerprint density at radius 2 is 2.04 bits per heavy atom. The fourth-order valence-electron chi connectivity index (χ4n) is 3.52. The summed E-state index contributed by atoms with van der Waals surface area (Å²) in [5.74, 6) is 2.85. The van der Waals surface area contributed by atoms with E-state index < -0.39 is 0 Å². The molecule has 2 heterocycles. The fraction of sp³-hybridized carbons (Fsp3) is 0.550. The molecule has 0 N–H and O–H groups in total. The molecule has 3 rings (SSSR count). The molecule has 0 aromatic heterocycles. The zero-order valence-corrected chi connectivity index (χ0v) is 14.9. The van der Waals surface area contributed by atoms with Crippen molar-refractivity contribution in [3.05, 3.63) is 35.9 Å². The lowest BCUT2D eigenvalue weighted by molar-refractivity contribution is -0.136. The highest BCUT2D eigenvalue weighted by Gasteiger charge is 2.40. The zero-order valence-electron chi connectivity index (χ0n) is 14.9. The first-order valence-corrected chi connectivity index (χ1v) is 9.01. The topological polar surface area (TPSA) is 48.3 Å². The molecule has 25 heavy (non-hydrogen) atoms. The number of hydrogen-bond donors (Lipinski definition) is 0. The number of rotatable bonds is 7. The molecule has 0 radical (unpaired) electrons. The highest BCUT2D eigenvalue weighted by molar-refractivity contribution is 5.77. The summed E-state index contributed by atoms with van der Waals surface area (Å²) < 4.78 is 0. The Kier molecular flexibility index (Phi) is 5.50. The van der Waals surface area contributed by atoms with Crippen LogP contribution in [0, 0.1) is 12.3 Å². The maximum atomic E-state index is 12.8. The van der Waals surface area contributed by atoms with Crippen LogP contribution in [0.5, 0.6) is 0 Å². The van der Waals surface area contributed by atoms with Gasteiger partial charge in [-0.2, -0.15) is 10.2 Å². The number of carbonyl (C=O) groups is 1. The molecule has 132 valence electrons. The minimum atomic E-state index is -0.371. The van der Waals surface area contributed by atoms with E-state index in [4.69, 9.17) is 6.42 Å². The quantitative estimate of drug-likeness (QED) is 0.718. The number of piperazine rings is 1. The van der Waals surface area contributed by atoms with Gasteiger partial charge in [-0.3, -0.25) is 4.79 Å². The van der Waals surface area contributed by atoms with Crippen LogP contribution in [0.3, 0.4) is 0 Å². The maximum absolute atomic E-state index is 12.8. The second kappa shape index (κ2) is 7.79. The predicted octanol–water partition coefficient (Wildman–Crippen LogP) is 2.73. The van der Waals surface area contributed by atoms with Gasteiger partial charge in [-0.05, 0) is 19.0 Å². The molecular weight excluding hydrogens is 312 g/mol. The third kappa shape index (κ3) is 4.67. The van der Waals surface area contributed by atoms with Crippen molar-refractivity contribution in [3.63, 3.8) is 0 Å². The van der Waals surface area contributed by atoms with Crippen molar-refractivity contribution >= 4 is 5.91 Å². The first kappa shape index (κ1) is 17.6. The van der Waals surface area contributed by atoms with E-state index in [1.54, 1.807) is 0 Å². The molecule has 1 aromatic rings. The van der Waals surface area contributed by atoms with Crippen molar-refractivity contribution < 1.29 is 4.79 Å². The second-order valence-electron chi connectivity index (χ2n) is 7.08. The van der Waals surface area contributed by atoms with Gasteiger partial charge in [0, 0.05) is 51.4 Å². The molecule has 5 heteroatoms. The minimum Gasteiger partial charge on any atom is -0.337 e. The molecular formula is C20H26N4O. The van der Waals surface area contributed by atoms with E-state index in [9.17, 15) is 4.79 Å².